The van der Waals surface area contributed by atoms with Gasteiger partial charge in [-0.05, 0) is 102 Å². The van der Waals surface area contributed by atoms with Crippen molar-refractivity contribution in [3.05, 3.63) is 97.2 Å². The monoisotopic (exact) mass is 863 g/mol. The molecule has 0 bridgehead atoms. The van der Waals surface area contributed by atoms with E-state index in [1.54, 1.807) is 0 Å². The molecule has 0 fully saturated rings. The summed E-state index contributed by atoms with van der Waals surface area (Å²) in [6.45, 7) is 3.27. The van der Waals surface area contributed by atoms with Gasteiger partial charge in [0, 0.05) is 12.8 Å². The molecule has 0 radical (unpaired) electrons. The number of carboxylic acid groups (broad SMARTS) is 1. The second kappa shape index (κ2) is 46.3. The Hall–Kier alpha value is -4.24. The maximum absolute atomic E-state index is 12.8. The number of unbranched alkanes of at least 4 members (excludes halogenated alkanes) is 14. The highest BCUT2D eigenvalue weighted by atomic mass is 16.5. The number of carboxylic acids is 1. The van der Waals surface area contributed by atoms with Gasteiger partial charge < -0.3 is 25.6 Å². The fourth-order valence-corrected chi connectivity index (χ4v) is 6.37. The number of esters is 1. The Kier molecular flexibility index (Phi) is 43.1. The number of carbonyl (C=O) groups excluding carboxylic acids is 3. The van der Waals surface area contributed by atoms with E-state index >= 15 is 0 Å². The van der Waals surface area contributed by atoms with Crippen LogP contribution in [0.1, 0.15) is 187 Å². The molecule has 2 atom stereocenters. The molecule has 62 heavy (non-hydrogen) atoms. The Bertz CT molecular complexity index is 1360. The third-order valence-electron chi connectivity index (χ3n) is 10.0. The molecule has 0 aliphatic rings. The molecule has 9 heteroatoms. The van der Waals surface area contributed by atoms with Crippen molar-refractivity contribution in [2.75, 3.05) is 13.2 Å². The molecule has 4 N–H and O–H groups in total. The summed E-state index contributed by atoms with van der Waals surface area (Å²) in [5.74, 6) is -2.59. The van der Waals surface area contributed by atoms with Crippen molar-refractivity contribution in [2.24, 2.45) is 0 Å². The third-order valence-corrected chi connectivity index (χ3v) is 10.0. The molecule has 2 amide bonds. The zero-order valence-corrected chi connectivity index (χ0v) is 38.8. The number of hydrogen-bond acceptors (Lipinski definition) is 6. The number of amides is 2. The van der Waals surface area contributed by atoms with Gasteiger partial charge in [-0.2, -0.15) is 0 Å². The van der Waals surface area contributed by atoms with Crippen LogP contribution in [-0.4, -0.2) is 59.3 Å². The van der Waals surface area contributed by atoms with Gasteiger partial charge in [0.25, 0.3) is 0 Å². The highest BCUT2D eigenvalue weighted by Crippen LogP contribution is 2.14. The SMILES string of the molecule is CC/C=C\C/C=C\C/C=C\C/C=C\C/C=C\C(CCCCC(=O)NCC(=O)NC(CO)C(=O)O)OC(=O)CCCCCCCCCC/C=C\C/C=C\C/C=C\CCCCCCC. The third kappa shape index (κ3) is 42.5. The molecule has 0 aliphatic heterocycles. The average Bonchev–Trinajstić information content (AvgIpc) is 3.26. The minimum Gasteiger partial charge on any atom is -0.480 e. The van der Waals surface area contributed by atoms with Crippen molar-refractivity contribution in [1.82, 2.24) is 10.6 Å². The van der Waals surface area contributed by atoms with Crippen LogP contribution in [0.5, 0.6) is 0 Å². The topological polar surface area (TPSA) is 142 Å². The summed E-state index contributed by atoms with van der Waals surface area (Å²) in [7, 11) is 0. The van der Waals surface area contributed by atoms with E-state index < -0.39 is 24.5 Å². The van der Waals surface area contributed by atoms with Crippen LogP contribution in [0.4, 0.5) is 0 Å². The molecule has 0 aromatic rings. The zero-order valence-electron chi connectivity index (χ0n) is 38.8. The maximum atomic E-state index is 12.8. The summed E-state index contributed by atoms with van der Waals surface area (Å²) in [4.78, 5) is 48.0. The summed E-state index contributed by atoms with van der Waals surface area (Å²) in [6, 6.07) is -1.42. The van der Waals surface area contributed by atoms with Crippen molar-refractivity contribution in [3.63, 3.8) is 0 Å². The van der Waals surface area contributed by atoms with Gasteiger partial charge in [-0.25, -0.2) is 4.79 Å². The van der Waals surface area contributed by atoms with Gasteiger partial charge in [0.1, 0.15) is 12.1 Å². The van der Waals surface area contributed by atoms with Crippen molar-refractivity contribution in [1.29, 1.82) is 0 Å². The van der Waals surface area contributed by atoms with Crippen molar-refractivity contribution < 1.29 is 34.1 Å². The number of carbonyl (C=O) groups is 4. The number of rotatable bonds is 42. The van der Waals surface area contributed by atoms with Crippen LogP contribution in [0.25, 0.3) is 0 Å². The fraction of sp³-hybridized carbons (Fsp3) is 0.623. The molecule has 0 rings (SSSR count). The van der Waals surface area contributed by atoms with E-state index in [2.05, 4.69) is 110 Å². The van der Waals surface area contributed by atoms with Gasteiger partial charge in [-0.15, -0.1) is 0 Å². The smallest absolute Gasteiger partial charge is 0.328 e. The summed E-state index contributed by atoms with van der Waals surface area (Å²) in [5, 5.41) is 22.6. The van der Waals surface area contributed by atoms with Crippen LogP contribution >= 0.6 is 0 Å². The Balaban J connectivity index is 4.43. The maximum Gasteiger partial charge on any atom is 0.328 e. The molecule has 0 aromatic carbocycles. The highest BCUT2D eigenvalue weighted by Gasteiger charge is 2.19. The van der Waals surface area contributed by atoms with Gasteiger partial charge in [0.05, 0.1) is 13.2 Å². The minimum atomic E-state index is -1.42. The van der Waals surface area contributed by atoms with E-state index in [0.717, 1.165) is 70.6 Å². The molecule has 0 heterocycles. The lowest BCUT2D eigenvalue weighted by molar-refractivity contribution is -0.147. The number of ether oxygens (including phenoxy) is 1. The van der Waals surface area contributed by atoms with Gasteiger partial charge in [-0.1, -0.05) is 169 Å². The zero-order chi connectivity index (χ0) is 45.4. The van der Waals surface area contributed by atoms with Crippen LogP contribution in [-0.2, 0) is 23.9 Å². The second-order valence-corrected chi connectivity index (χ2v) is 15.8. The van der Waals surface area contributed by atoms with E-state index in [9.17, 15) is 19.2 Å². The molecule has 0 spiro atoms. The summed E-state index contributed by atoms with van der Waals surface area (Å²) >= 11 is 0. The molecule has 9 nitrogen and oxygen atoms in total. The molecule has 0 saturated heterocycles. The fourth-order valence-electron chi connectivity index (χ4n) is 6.37. The molecule has 0 saturated carbocycles. The number of aliphatic hydroxyl groups is 1. The molecular formula is C53H86N2O7. The molecule has 350 valence electrons. The summed E-state index contributed by atoms with van der Waals surface area (Å²) in [5.41, 5.74) is 0. The number of allylic oxidation sites excluding steroid dienone is 15. The van der Waals surface area contributed by atoms with Crippen molar-refractivity contribution in [3.8, 4) is 0 Å². The minimum absolute atomic E-state index is 0.175. The summed E-state index contributed by atoms with van der Waals surface area (Å²) in [6.07, 6.45) is 61.6. The van der Waals surface area contributed by atoms with Gasteiger partial charge >= 0.3 is 11.9 Å². The lowest BCUT2D eigenvalue weighted by Gasteiger charge is -2.15. The van der Waals surface area contributed by atoms with E-state index in [1.165, 1.54) is 70.6 Å². The lowest BCUT2D eigenvalue weighted by atomic mass is 10.1. The van der Waals surface area contributed by atoms with Crippen LogP contribution in [0.2, 0.25) is 0 Å². The molecule has 0 aromatic heterocycles. The second-order valence-electron chi connectivity index (χ2n) is 15.8. The van der Waals surface area contributed by atoms with Crippen LogP contribution in [0.3, 0.4) is 0 Å². The summed E-state index contributed by atoms with van der Waals surface area (Å²) < 4.78 is 5.86. The Morgan fingerprint density at radius 1 is 0.516 bits per heavy atom. The first-order chi connectivity index (χ1) is 30.3. The van der Waals surface area contributed by atoms with Crippen molar-refractivity contribution in [2.45, 2.75) is 199 Å². The van der Waals surface area contributed by atoms with E-state index in [4.69, 9.17) is 14.9 Å². The van der Waals surface area contributed by atoms with E-state index in [0.29, 0.717) is 25.7 Å². The lowest BCUT2D eigenvalue weighted by Crippen LogP contribution is -2.47. The molecule has 2 unspecified atom stereocenters. The average molecular weight is 863 g/mol. The van der Waals surface area contributed by atoms with E-state index in [-0.39, 0.29) is 30.9 Å². The normalized spacial score (nSPS) is 13.3. The first kappa shape index (κ1) is 57.8. The Morgan fingerprint density at radius 3 is 1.47 bits per heavy atom. The van der Waals surface area contributed by atoms with E-state index in [1.807, 2.05) is 12.2 Å². The number of aliphatic hydroxyl groups excluding tert-OH is 1. The highest BCUT2D eigenvalue weighted by molar-refractivity contribution is 5.87. The van der Waals surface area contributed by atoms with Crippen LogP contribution in [0.15, 0.2) is 97.2 Å². The first-order valence-corrected chi connectivity index (χ1v) is 24.1. The van der Waals surface area contributed by atoms with Crippen LogP contribution < -0.4 is 10.6 Å². The quantitative estimate of drug-likeness (QED) is 0.0272. The predicted octanol–water partition coefficient (Wildman–Crippen LogP) is 12.6. The van der Waals surface area contributed by atoms with Gasteiger partial charge in [0.2, 0.25) is 11.8 Å². The van der Waals surface area contributed by atoms with Crippen LogP contribution in [0, 0.1) is 0 Å². The predicted molar refractivity (Wildman–Crippen MR) is 259 cm³/mol. The number of hydrogen-bond donors (Lipinski definition) is 4. The molecule has 0 aliphatic carbocycles. The molecular weight excluding hydrogens is 777 g/mol. The number of nitrogens with one attached hydrogen (secondary N) is 2. The van der Waals surface area contributed by atoms with Gasteiger partial charge in [0.15, 0.2) is 0 Å². The Labute approximate surface area is 377 Å². The van der Waals surface area contributed by atoms with Gasteiger partial charge in [-0.3, -0.25) is 14.4 Å². The van der Waals surface area contributed by atoms with Crippen molar-refractivity contribution >= 4 is 23.8 Å². The standard InChI is InChI=1S/C53H86N2O7/c1-3-5-7-9-11-13-15-17-19-20-21-22-23-24-25-26-27-29-31-33-35-37-39-45-52(59)62-48(42-38-36-34-32-30-28-18-16-14-12-10-8-6-4-2)43-40-41-44-50(57)54-46-51(58)55-49(47-56)53(60)61/h6,8,12,14-15,17-18,20-21,23-24,28,32,34,38,42,48-49,56H,3-5,7,9-11,13,16,19,22,25-27,29-31,33,35-37,39-41,43-47H2,1-2H3,(H,54,57)(H,55,58)(H,60,61)/b8-6-,14-12-,17-15-,21-20-,24-23-,28-18-,34-32-,42-38-. The largest absolute Gasteiger partial charge is 0.480 e. The first-order valence-electron chi connectivity index (χ1n) is 24.1. The number of aliphatic carboxylic acids is 1. The Morgan fingerprint density at radius 2 is 0.968 bits per heavy atom.